The van der Waals surface area contributed by atoms with Crippen LogP contribution < -0.4 is 31.9 Å². The van der Waals surface area contributed by atoms with Gasteiger partial charge >= 0.3 is 12.1 Å². The third kappa shape index (κ3) is 7.65. The van der Waals surface area contributed by atoms with Crippen molar-refractivity contribution in [1.82, 2.24) is 0 Å². The molecular formula is C34H28N6O4. The minimum absolute atomic E-state index is 0.318. The van der Waals surface area contributed by atoms with E-state index in [2.05, 4.69) is 31.9 Å². The molecule has 0 radical (unpaired) electrons. The van der Waals surface area contributed by atoms with E-state index >= 15 is 0 Å². The van der Waals surface area contributed by atoms with Gasteiger partial charge in [-0.1, -0.05) is 72.8 Å². The molecule has 0 spiro atoms. The van der Waals surface area contributed by atoms with E-state index in [-0.39, 0.29) is 11.8 Å². The zero-order chi connectivity index (χ0) is 30.7. The molecule has 0 saturated heterocycles. The number of para-hydroxylation sites is 6. The van der Waals surface area contributed by atoms with Gasteiger partial charge < -0.3 is 31.9 Å². The van der Waals surface area contributed by atoms with Crippen LogP contribution in [0.4, 0.5) is 43.7 Å². The molecule has 0 bridgehead atoms. The van der Waals surface area contributed by atoms with E-state index in [1.54, 1.807) is 121 Å². The summed E-state index contributed by atoms with van der Waals surface area (Å²) >= 11 is 0. The van der Waals surface area contributed by atoms with Gasteiger partial charge in [-0.2, -0.15) is 0 Å². The molecule has 10 heteroatoms. The first kappa shape index (κ1) is 29.1. The van der Waals surface area contributed by atoms with E-state index in [1.807, 2.05) is 12.1 Å². The van der Waals surface area contributed by atoms with E-state index in [9.17, 15) is 19.2 Å². The average molecular weight is 585 g/mol. The maximum Gasteiger partial charge on any atom is 0.323 e. The first-order valence-corrected chi connectivity index (χ1v) is 13.6. The molecule has 0 fully saturated rings. The van der Waals surface area contributed by atoms with Crippen LogP contribution in [0.15, 0.2) is 133 Å². The number of rotatable bonds is 8. The zero-order valence-corrected chi connectivity index (χ0v) is 23.3. The molecule has 5 aromatic carbocycles. The van der Waals surface area contributed by atoms with E-state index in [0.717, 1.165) is 0 Å². The predicted molar refractivity (Wildman–Crippen MR) is 173 cm³/mol. The van der Waals surface area contributed by atoms with Crippen LogP contribution in [0.5, 0.6) is 0 Å². The molecule has 218 valence electrons. The molecule has 6 amide bonds. The summed E-state index contributed by atoms with van der Waals surface area (Å²) in [7, 11) is 0. The Labute approximate surface area is 253 Å². The van der Waals surface area contributed by atoms with Crippen LogP contribution in [0.25, 0.3) is 0 Å². The smallest absolute Gasteiger partial charge is 0.320 e. The maximum atomic E-state index is 13.0. The van der Waals surface area contributed by atoms with Gasteiger partial charge in [0.25, 0.3) is 11.8 Å². The summed E-state index contributed by atoms with van der Waals surface area (Å²) in [5, 5.41) is 16.6. The van der Waals surface area contributed by atoms with Crippen LogP contribution in [-0.4, -0.2) is 23.9 Å². The second-order valence-electron chi connectivity index (χ2n) is 9.44. The summed E-state index contributed by atoms with van der Waals surface area (Å²) < 4.78 is 0. The predicted octanol–water partition coefficient (Wildman–Crippen LogP) is 7.48. The molecule has 0 heterocycles. The Morgan fingerprint density at radius 1 is 0.295 bits per heavy atom. The molecule has 5 aromatic rings. The largest absolute Gasteiger partial charge is 0.323 e. The molecule has 44 heavy (non-hydrogen) atoms. The first-order valence-electron chi connectivity index (χ1n) is 13.6. The van der Waals surface area contributed by atoms with Crippen LogP contribution in [0.2, 0.25) is 0 Å². The van der Waals surface area contributed by atoms with Crippen molar-refractivity contribution >= 4 is 58.0 Å². The third-order valence-corrected chi connectivity index (χ3v) is 6.34. The van der Waals surface area contributed by atoms with Crippen molar-refractivity contribution < 1.29 is 19.2 Å². The van der Waals surface area contributed by atoms with Gasteiger partial charge in [-0.3, -0.25) is 9.59 Å². The molecule has 0 aliphatic rings. The molecule has 6 N–H and O–H groups in total. The van der Waals surface area contributed by atoms with Crippen molar-refractivity contribution in [2.45, 2.75) is 0 Å². The Kier molecular flexibility index (Phi) is 9.23. The lowest BCUT2D eigenvalue weighted by Crippen LogP contribution is -2.24. The molecule has 5 rings (SSSR count). The van der Waals surface area contributed by atoms with Crippen molar-refractivity contribution in [3.8, 4) is 0 Å². The SMILES string of the molecule is O=C(Nc1ccccc1NC(=O)Nc1ccccc1NC(=O)c1ccccc1)Nc1ccccc1NC(=O)c1ccccc1. The number of nitrogens with one attached hydrogen (secondary N) is 6. The van der Waals surface area contributed by atoms with Gasteiger partial charge in [-0.15, -0.1) is 0 Å². The van der Waals surface area contributed by atoms with Crippen LogP contribution in [0, 0.1) is 0 Å². The highest BCUT2D eigenvalue weighted by molar-refractivity contribution is 6.11. The standard InChI is InChI=1S/C34H28N6O4/c41-31(23-13-3-1-4-14-23)35-25-17-7-9-19-27(25)37-33(43)39-29-21-11-12-22-30(29)40-34(44)38-28-20-10-8-18-26(28)36-32(42)24-15-5-2-6-16-24/h1-22H,(H,35,41)(H,36,42)(H2,37,39,43)(H2,38,40,44). The summed E-state index contributed by atoms with van der Waals surface area (Å²) in [4.78, 5) is 51.3. The molecular weight excluding hydrogens is 556 g/mol. The van der Waals surface area contributed by atoms with Gasteiger partial charge in [-0.05, 0) is 60.7 Å². The van der Waals surface area contributed by atoms with E-state index in [0.29, 0.717) is 45.3 Å². The second kappa shape index (κ2) is 14.0. The number of carbonyl (C=O) groups is 4. The molecule has 0 aliphatic heterocycles. The fourth-order valence-electron chi connectivity index (χ4n) is 4.22. The summed E-state index contributed by atoms with van der Waals surface area (Å²) in [6, 6.07) is 36.6. The Bertz CT molecular complexity index is 1660. The number of urea groups is 2. The minimum Gasteiger partial charge on any atom is -0.320 e. The minimum atomic E-state index is -0.588. The molecule has 0 aromatic heterocycles. The highest BCUT2D eigenvalue weighted by Gasteiger charge is 2.15. The Morgan fingerprint density at radius 3 is 0.795 bits per heavy atom. The summed E-state index contributed by atoms with van der Waals surface area (Å²) in [5.74, 6) is -0.635. The van der Waals surface area contributed by atoms with Crippen molar-refractivity contribution in [1.29, 1.82) is 0 Å². The highest BCUT2D eigenvalue weighted by atomic mass is 16.2. The Balaban J connectivity index is 1.23. The lowest BCUT2D eigenvalue weighted by molar-refractivity contribution is 0.101. The maximum absolute atomic E-state index is 13.0. The van der Waals surface area contributed by atoms with Gasteiger partial charge in [0.05, 0.1) is 34.1 Å². The van der Waals surface area contributed by atoms with Crippen molar-refractivity contribution in [3.63, 3.8) is 0 Å². The van der Waals surface area contributed by atoms with Crippen LogP contribution in [-0.2, 0) is 0 Å². The van der Waals surface area contributed by atoms with Crippen molar-refractivity contribution in [3.05, 3.63) is 145 Å². The number of carbonyl (C=O) groups excluding carboxylic acids is 4. The molecule has 0 atom stereocenters. The molecule has 0 saturated carbocycles. The number of benzene rings is 5. The number of amides is 6. The number of hydrogen-bond acceptors (Lipinski definition) is 4. The van der Waals surface area contributed by atoms with Gasteiger partial charge in [0, 0.05) is 11.1 Å². The van der Waals surface area contributed by atoms with E-state index in [4.69, 9.17) is 0 Å². The Hall–Kier alpha value is -6.42. The van der Waals surface area contributed by atoms with Gasteiger partial charge in [-0.25, -0.2) is 9.59 Å². The second-order valence-corrected chi connectivity index (χ2v) is 9.44. The topological polar surface area (TPSA) is 140 Å². The normalized spacial score (nSPS) is 10.2. The lowest BCUT2D eigenvalue weighted by Gasteiger charge is -2.16. The van der Waals surface area contributed by atoms with Gasteiger partial charge in [0.2, 0.25) is 0 Å². The molecule has 10 nitrogen and oxygen atoms in total. The first-order chi connectivity index (χ1) is 21.5. The third-order valence-electron chi connectivity index (χ3n) is 6.34. The van der Waals surface area contributed by atoms with Crippen LogP contribution in [0.1, 0.15) is 20.7 Å². The highest BCUT2D eigenvalue weighted by Crippen LogP contribution is 2.26. The fraction of sp³-hybridized carbons (Fsp3) is 0. The molecule has 0 aliphatic carbocycles. The monoisotopic (exact) mass is 584 g/mol. The summed E-state index contributed by atoms with van der Waals surface area (Å²) in [6.07, 6.45) is 0. The molecule has 0 unspecified atom stereocenters. The lowest BCUT2D eigenvalue weighted by atomic mass is 10.2. The number of hydrogen-bond donors (Lipinski definition) is 6. The van der Waals surface area contributed by atoms with Crippen molar-refractivity contribution in [2.24, 2.45) is 0 Å². The quantitative estimate of drug-likeness (QED) is 0.112. The van der Waals surface area contributed by atoms with E-state index in [1.165, 1.54) is 0 Å². The average Bonchev–Trinajstić information content (AvgIpc) is 3.04. The Morgan fingerprint density at radius 2 is 0.523 bits per heavy atom. The number of anilines is 6. The zero-order valence-electron chi connectivity index (χ0n) is 23.3. The van der Waals surface area contributed by atoms with E-state index < -0.39 is 12.1 Å². The van der Waals surface area contributed by atoms with Crippen molar-refractivity contribution in [2.75, 3.05) is 31.9 Å². The van der Waals surface area contributed by atoms with Gasteiger partial charge in [0.1, 0.15) is 0 Å². The summed E-state index contributed by atoms with van der Waals surface area (Å²) in [6.45, 7) is 0. The van der Waals surface area contributed by atoms with Crippen LogP contribution >= 0.6 is 0 Å². The van der Waals surface area contributed by atoms with Gasteiger partial charge in [0.15, 0.2) is 0 Å². The van der Waals surface area contributed by atoms with Crippen LogP contribution in [0.3, 0.4) is 0 Å². The summed E-state index contributed by atoms with van der Waals surface area (Å²) in [5.41, 5.74) is 3.21. The fourth-order valence-corrected chi connectivity index (χ4v) is 4.22.